The maximum absolute atomic E-state index is 12.1. The number of carbonyl (C=O) groups is 2. The minimum Gasteiger partial charge on any atom is -0.480 e. The van der Waals surface area contributed by atoms with Crippen molar-refractivity contribution >= 4 is 35.1 Å². The monoisotopic (exact) mass is 302 g/mol. The van der Waals surface area contributed by atoms with Gasteiger partial charge in [0.25, 0.3) is 5.91 Å². The second-order valence-electron chi connectivity index (χ2n) is 4.55. The van der Waals surface area contributed by atoms with Gasteiger partial charge in [-0.2, -0.15) is 0 Å². The first-order chi connectivity index (χ1) is 8.94. The van der Waals surface area contributed by atoms with E-state index in [1.165, 1.54) is 12.3 Å². The molecule has 0 saturated heterocycles. The summed E-state index contributed by atoms with van der Waals surface area (Å²) in [5.74, 6) is -1.51. The molecule has 0 aliphatic heterocycles. The average molecular weight is 303 g/mol. The maximum Gasteiger partial charge on any atom is 0.329 e. The molecule has 19 heavy (non-hydrogen) atoms. The van der Waals surface area contributed by atoms with Crippen molar-refractivity contribution in [2.24, 2.45) is 0 Å². The predicted molar refractivity (Wildman–Crippen MR) is 70.6 cm³/mol. The van der Waals surface area contributed by atoms with Crippen molar-refractivity contribution < 1.29 is 14.7 Å². The van der Waals surface area contributed by atoms with Gasteiger partial charge in [0.2, 0.25) is 0 Å². The van der Waals surface area contributed by atoms with E-state index in [0.717, 1.165) is 12.8 Å². The van der Waals surface area contributed by atoms with E-state index in [9.17, 15) is 14.7 Å². The Morgan fingerprint density at radius 3 is 2.47 bits per heavy atom. The van der Waals surface area contributed by atoms with Crippen LogP contribution in [-0.2, 0) is 4.79 Å². The van der Waals surface area contributed by atoms with Crippen LogP contribution in [0.3, 0.4) is 0 Å². The van der Waals surface area contributed by atoms with Gasteiger partial charge in [0.05, 0.1) is 10.6 Å². The number of carboxylic acids is 1. The molecule has 1 heterocycles. The van der Waals surface area contributed by atoms with Crippen molar-refractivity contribution in [3.05, 3.63) is 28.0 Å². The minimum atomic E-state index is -1.18. The molecule has 102 valence electrons. The molecule has 1 amide bonds. The summed E-state index contributed by atoms with van der Waals surface area (Å²) in [5, 5.41) is 12.1. The largest absolute Gasteiger partial charge is 0.480 e. The van der Waals surface area contributed by atoms with Gasteiger partial charge in [-0.05, 0) is 18.9 Å². The number of carbonyl (C=O) groups excluding carboxylic acids is 1. The van der Waals surface area contributed by atoms with E-state index in [2.05, 4.69) is 10.3 Å². The molecule has 0 aromatic carbocycles. The Labute approximate surface area is 119 Å². The number of halogens is 2. The number of amides is 1. The Hall–Kier alpha value is -1.33. The van der Waals surface area contributed by atoms with Gasteiger partial charge in [-0.3, -0.25) is 4.79 Å². The first-order valence-corrected chi connectivity index (χ1v) is 6.57. The second kappa shape index (κ2) is 5.35. The summed E-state index contributed by atoms with van der Waals surface area (Å²) >= 11 is 11.4. The number of nitrogens with zero attached hydrogens (tertiary/aromatic N) is 1. The number of aromatic nitrogens is 1. The standard InChI is InChI=1S/C12H12Cl2N2O3/c13-8-5-7(6-15-9(8)14)10(17)16-12(11(18)19)3-1-2-4-12/h5-6H,1-4H2,(H,16,17)(H,18,19). The van der Waals surface area contributed by atoms with E-state index >= 15 is 0 Å². The molecular formula is C12H12Cl2N2O3. The number of hydrogen-bond acceptors (Lipinski definition) is 3. The number of pyridine rings is 1. The lowest BCUT2D eigenvalue weighted by Crippen LogP contribution is -2.52. The van der Waals surface area contributed by atoms with E-state index in [0.29, 0.717) is 12.8 Å². The SMILES string of the molecule is O=C(NC1(C(=O)O)CCCC1)c1cnc(Cl)c(Cl)c1. The third kappa shape index (κ3) is 2.82. The molecule has 0 bridgehead atoms. The van der Waals surface area contributed by atoms with Gasteiger partial charge in [-0.15, -0.1) is 0 Å². The zero-order valence-corrected chi connectivity index (χ0v) is 11.5. The first-order valence-electron chi connectivity index (χ1n) is 5.81. The Kier molecular flexibility index (Phi) is 3.96. The summed E-state index contributed by atoms with van der Waals surface area (Å²) in [6.07, 6.45) is 3.71. The van der Waals surface area contributed by atoms with Crippen molar-refractivity contribution in [1.29, 1.82) is 0 Å². The van der Waals surface area contributed by atoms with Gasteiger partial charge >= 0.3 is 5.97 Å². The fourth-order valence-electron chi connectivity index (χ4n) is 2.21. The van der Waals surface area contributed by atoms with Crippen LogP contribution in [0.5, 0.6) is 0 Å². The summed E-state index contributed by atoms with van der Waals surface area (Å²) < 4.78 is 0. The molecule has 0 spiro atoms. The quantitative estimate of drug-likeness (QED) is 0.841. The lowest BCUT2D eigenvalue weighted by Gasteiger charge is -2.25. The zero-order valence-electron chi connectivity index (χ0n) is 9.95. The molecule has 1 aromatic heterocycles. The van der Waals surface area contributed by atoms with Crippen LogP contribution in [0.4, 0.5) is 0 Å². The lowest BCUT2D eigenvalue weighted by molar-refractivity contribution is -0.144. The molecule has 1 aliphatic rings. The van der Waals surface area contributed by atoms with Gasteiger partial charge in [0.1, 0.15) is 10.7 Å². The van der Waals surface area contributed by atoms with Crippen molar-refractivity contribution in [2.45, 2.75) is 31.2 Å². The van der Waals surface area contributed by atoms with Gasteiger partial charge < -0.3 is 10.4 Å². The van der Waals surface area contributed by atoms with Gasteiger partial charge in [-0.25, -0.2) is 9.78 Å². The van der Waals surface area contributed by atoms with E-state index in [1.807, 2.05) is 0 Å². The second-order valence-corrected chi connectivity index (χ2v) is 5.31. The molecule has 2 rings (SSSR count). The van der Waals surface area contributed by atoms with Crippen LogP contribution >= 0.6 is 23.2 Å². The van der Waals surface area contributed by atoms with Crippen LogP contribution in [-0.4, -0.2) is 27.5 Å². The highest BCUT2D eigenvalue weighted by atomic mass is 35.5. The first kappa shape index (κ1) is 14.1. The Morgan fingerprint density at radius 1 is 1.32 bits per heavy atom. The van der Waals surface area contributed by atoms with Crippen LogP contribution in [0.15, 0.2) is 12.3 Å². The van der Waals surface area contributed by atoms with E-state index in [1.54, 1.807) is 0 Å². The summed E-state index contributed by atoms with van der Waals surface area (Å²) in [4.78, 5) is 27.2. The fourth-order valence-corrected chi connectivity index (χ4v) is 2.48. The summed E-state index contributed by atoms with van der Waals surface area (Å²) in [6, 6.07) is 1.37. The van der Waals surface area contributed by atoms with Crippen LogP contribution < -0.4 is 5.32 Å². The van der Waals surface area contributed by atoms with Gasteiger partial charge in [-0.1, -0.05) is 36.0 Å². The predicted octanol–water partition coefficient (Wildman–Crippen LogP) is 2.52. The number of hydrogen-bond donors (Lipinski definition) is 2. The summed E-state index contributed by atoms with van der Waals surface area (Å²) in [7, 11) is 0. The number of nitrogens with one attached hydrogen (secondary N) is 1. The van der Waals surface area contributed by atoms with Crippen LogP contribution in [0.1, 0.15) is 36.0 Å². The van der Waals surface area contributed by atoms with Crippen molar-refractivity contribution in [2.75, 3.05) is 0 Å². The molecule has 1 saturated carbocycles. The summed E-state index contributed by atoms with van der Waals surface area (Å²) in [5.41, 5.74) is -0.981. The van der Waals surface area contributed by atoms with Crippen molar-refractivity contribution in [3.63, 3.8) is 0 Å². The molecule has 5 nitrogen and oxygen atoms in total. The molecule has 0 unspecified atom stereocenters. The number of rotatable bonds is 3. The van der Waals surface area contributed by atoms with Crippen LogP contribution in [0.2, 0.25) is 10.2 Å². The zero-order chi connectivity index (χ0) is 14.0. The Bertz CT molecular complexity index is 528. The fraction of sp³-hybridized carbons (Fsp3) is 0.417. The Balaban J connectivity index is 2.20. The molecule has 2 N–H and O–H groups in total. The molecule has 1 aromatic rings. The topological polar surface area (TPSA) is 79.3 Å². The number of aliphatic carboxylic acids is 1. The Morgan fingerprint density at radius 2 is 1.95 bits per heavy atom. The van der Waals surface area contributed by atoms with Crippen molar-refractivity contribution in [1.82, 2.24) is 10.3 Å². The lowest BCUT2D eigenvalue weighted by atomic mass is 9.97. The molecule has 7 heteroatoms. The van der Waals surface area contributed by atoms with Crippen molar-refractivity contribution in [3.8, 4) is 0 Å². The third-order valence-corrected chi connectivity index (χ3v) is 3.96. The minimum absolute atomic E-state index is 0.104. The molecule has 0 atom stereocenters. The van der Waals surface area contributed by atoms with Gasteiger partial charge in [0, 0.05) is 6.20 Å². The smallest absolute Gasteiger partial charge is 0.329 e. The highest BCUT2D eigenvalue weighted by Crippen LogP contribution is 2.30. The summed E-state index contributed by atoms with van der Waals surface area (Å²) in [6.45, 7) is 0. The van der Waals surface area contributed by atoms with E-state index in [-0.39, 0.29) is 15.7 Å². The van der Waals surface area contributed by atoms with Gasteiger partial charge in [0.15, 0.2) is 0 Å². The molecule has 1 aliphatic carbocycles. The number of carboxylic acid groups (broad SMARTS) is 1. The highest BCUT2D eigenvalue weighted by Gasteiger charge is 2.42. The average Bonchev–Trinajstić information content (AvgIpc) is 2.82. The normalized spacial score (nSPS) is 17.2. The van der Waals surface area contributed by atoms with E-state index in [4.69, 9.17) is 23.2 Å². The third-order valence-electron chi connectivity index (χ3n) is 3.28. The molecule has 1 fully saturated rings. The van der Waals surface area contributed by atoms with Crippen LogP contribution in [0, 0.1) is 0 Å². The van der Waals surface area contributed by atoms with Crippen LogP contribution in [0.25, 0.3) is 0 Å². The maximum atomic E-state index is 12.1. The molecular weight excluding hydrogens is 291 g/mol. The molecule has 0 radical (unpaired) electrons. The van der Waals surface area contributed by atoms with E-state index < -0.39 is 17.4 Å². The highest BCUT2D eigenvalue weighted by molar-refractivity contribution is 6.41.